The van der Waals surface area contributed by atoms with Gasteiger partial charge in [-0.25, -0.2) is 8.42 Å². The minimum atomic E-state index is -3.74. The molecule has 9 heteroatoms. The zero-order valence-electron chi connectivity index (χ0n) is 17.8. The fourth-order valence-corrected chi connectivity index (χ4v) is 4.53. The topological polar surface area (TPSA) is 109 Å². The Morgan fingerprint density at radius 1 is 1.00 bits per heavy atom. The van der Waals surface area contributed by atoms with Crippen molar-refractivity contribution in [3.8, 4) is 0 Å². The van der Waals surface area contributed by atoms with Crippen molar-refractivity contribution in [2.75, 3.05) is 15.9 Å². The number of hydrogen-bond donors (Lipinski definition) is 2. The molecule has 2 N–H and O–H groups in total. The van der Waals surface area contributed by atoms with Gasteiger partial charge < -0.3 is 15.1 Å². The molecule has 0 radical (unpaired) electrons. The van der Waals surface area contributed by atoms with Crippen molar-refractivity contribution in [2.24, 2.45) is 0 Å². The van der Waals surface area contributed by atoms with Crippen molar-refractivity contribution in [1.82, 2.24) is 5.32 Å². The minimum Gasteiger partial charge on any atom is -0.467 e. The number of hydrogen-bond acceptors (Lipinski definition) is 5. The Balaban J connectivity index is 1.83. The first-order chi connectivity index (χ1) is 15.3. The second kappa shape index (κ2) is 10.1. The number of sulfonamides is 1. The lowest BCUT2D eigenvalue weighted by Gasteiger charge is -2.30. The quantitative estimate of drug-likeness (QED) is 0.514. The summed E-state index contributed by atoms with van der Waals surface area (Å²) in [5.41, 5.74) is 0.934. The van der Waals surface area contributed by atoms with Crippen LogP contribution in [-0.4, -0.2) is 32.5 Å². The standard InChI is InChI=1S/C23H25N3O5S/c1-3-21(26(32(2,29)30)17-10-5-4-6-11-17)23(28)25-20-14-8-7-13-19(20)22(27)24-16-18-12-9-15-31-18/h4-15,21H,3,16H2,1-2H3,(H,24,27)(H,25,28)/t21-/m0/s1. The molecule has 0 aliphatic rings. The van der Waals surface area contributed by atoms with Crippen LogP contribution >= 0.6 is 0 Å². The fraction of sp³-hybridized carbons (Fsp3) is 0.217. The van der Waals surface area contributed by atoms with Gasteiger partial charge in [0.15, 0.2) is 0 Å². The molecule has 2 amide bonds. The van der Waals surface area contributed by atoms with Crippen molar-refractivity contribution in [3.05, 3.63) is 84.3 Å². The highest BCUT2D eigenvalue weighted by Crippen LogP contribution is 2.24. The summed E-state index contributed by atoms with van der Waals surface area (Å²) in [5.74, 6) is -0.334. The molecule has 168 valence electrons. The van der Waals surface area contributed by atoms with E-state index in [0.29, 0.717) is 11.4 Å². The molecule has 3 rings (SSSR count). The summed E-state index contributed by atoms with van der Waals surface area (Å²) in [6.45, 7) is 1.93. The first-order valence-corrected chi connectivity index (χ1v) is 11.9. The molecule has 0 unspecified atom stereocenters. The Morgan fingerprint density at radius 3 is 2.31 bits per heavy atom. The molecule has 0 saturated carbocycles. The second-order valence-corrected chi connectivity index (χ2v) is 8.97. The molecular formula is C23H25N3O5S. The zero-order valence-corrected chi connectivity index (χ0v) is 18.6. The van der Waals surface area contributed by atoms with E-state index in [1.165, 1.54) is 6.26 Å². The lowest BCUT2D eigenvalue weighted by molar-refractivity contribution is -0.117. The van der Waals surface area contributed by atoms with Crippen molar-refractivity contribution in [3.63, 3.8) is 0 Å². The third-order valence-electron chi connectivity index (χ3n) is 4.77. The van der Waals surface area contributed by atoms with Gasteiger partial charge in [-0.1, -0.05) is 37.3 Å². The molecule has 0 spiro atoms. The van der Waals surface area contributed by atoms with Gasteiger partial charge in [-0.05, 0) is 42.8 Å². The number of carbonyl (C=O) groups is 2. The van der Waals surface area contributed by atoms with Crippen LogP contribution in [0.5, 0.6) is 0 Å². The first-order valence-electron chi connectivity index (χ1n) is 10.1. The molecule has 0 fully saturated rings. The van der Waals surface area contributed by atoms with Crippen LogP contribution in [0.25, 0.3) is 0 Å². The van der Waals surface area contributed by atoms with Crippen LogP contribution in [0.4, 0.5) is 11.4 Å². The molecule has 0 aliphatic carbocycles. The molecule has 0 aliphatic heterocycles. The molecule has 0 saturated heterocycles. The molecule has 32 heavy (non-hydrogen) atoms. The van der Waals surface area contributed by atoms with E-state index in [4.69, 9.17) is 4.42 Å². The van der Waals surface area contributed by atoms with E-state index in [1.807, 2.05) is 0 Å². The highest BCUT2D eigenvalue weighted by molar-refractivity contribution is 7.92. The summed E-state index contributed by atoms with van der Waals surface area (Å²) in [7, 11) is -3.74. The molecule has 1 aromatic heterocycles. The van der Waals surface area contributed by atoms with Crippen LogP contribution < -0.4 is 14.9 Å². The Hall–Kier alpha value is -3.59. The third-order valence-corrected chi connectivity index (χ3v) is 5.95. The van der Waals surface area contributed by atoms with Crippen LogP contribution in [0.1, 0.15) is 29.5 Å². The van der Waals surface area contributed by atoms with Crippen LogP contribution in [0.15, 0.2) is 77.4 Å². The molecule has 1 heterocycles. The summed E-state index contributed by atoms with van der Waals surface area (Å²) in [6, 6.07) is 17.5. The van der Waals surface area contributed by atoms with Gasteiger partial charge in [0.1, 0.15) is 11.8 Å². The summed E-state index contributed by atoms with van der Waals surface area (Å²) < 4.78 is 31.4. The smallest absolute Gasteiger partial charge is 0.253 e. The van der Waals surface area contributed by atoms with Crippen LogP contribution in [0.3, 0.4) is 0 Å². The molecule has 3 aromatic rings. The van der Waals surface area contributed by atoms with Gasteiger partial charge >= 0.3 is 0 Å². The van der Waals surface area contributed by atoms with Crippen molar-refractivity contribution >= 4 is 33.2 Å². The lowest BCUT2D eigenvalue weighted by Crippen LogP contribution is -2.47. The molecule has 2 aromatic carbocycles. The maximum Gasteiger partial charge on any atom is 0.253 e. The number of amides is 2. The van der Waals surface area contributed by atoms with Crippen LogP contribution in [0.2, 0.25) is 0 Å². The Bertz CT molecular complexity index is 1160. The summed E-state index contributed by atoms with van der Waals surface area (Å²) in [6.07, 6.45) is 2.81. The van der Waals surface area contributed by atoms with E-state index in [9.17, 15) is 18.0 Å². The van der Waals surface area contributed by atoms with E-state index in [2.05, 4.69) is 10.6 Å². The van der Waals surface area contributed by atoms with Gasteiger partial charge in [0, 0.05) is 0 Å². The maximum absolute atomic E-state index is 13.2. The number of carbonyl (C=O) groups excluding carboxylic acids is 2. The van der Waals surface area contributed by atoms with E-state index in [0.717, 1.165) is 10.6 Å². The van der Waals surface area contributed by atoms with Gasteiger partial charge in [0.2, 0.25) is 15.9 Å². The van der Waals surface area contributed by atoms with Gasteiger partial charge in [0.25, 0.3) is 5.91 Å². The fourth-order valence-electron chi connectivity index (χ4n) is 3.32. The largest absolute Gasteiger partial charge is 0.467 e. The van der Waals surface area contributed by atoms with Crippen LogP contribution in [-0.2, 0) is 21.4 Å². The maximum atomic E-state index is 13.2. The average molecular weight is 456 g/mol. The van der Waals surface area contributed by atoms with Crippen molar-refractivity contribution in [1.29, 1.82) is 0 Å². The number of anilines is 2. The summed E-state index contributed by atoms with van der Waals surface area (Å²) >= 11 is 0. The van der Waals surface area contributed by atoms with Gasteiger partial charge in [-0.2, -0.15) is 0 Å². The number of nitrogens with zero attached hydrogens (tertiary/aromatic N) is 1. The first kappa shape index (κ1) is 23.1. The number of furan rings is 1. The number of rotatable bonds is 9. The molecule has 8 nitrogen and oxygen atoms in total. The van der Waals surface area contributed by atoms with Crippen molar-refractivity contribution < 1.29 is 22.4 Å². The van der Waals surface area contributed by atoms with Crippen LogP contribution in [0, 0.1) is 0 Å². The van der Waals surface area contributed by atoms with E-state index >= 15 is 0 Å². The predicted molar refractivity (Wildman–Crippen MR) is 123 cm³/mol. The second-order valence-electron chi connectivity index (χ2n) is 7.12. The molecule has 1 atom stereocenters. The van der Waals surface area contributed by atoms with Gasteiger partial charge in [-0.3, -0.25) is 13.9 Å². The normalized spacial score (nSPS) is 12.1. The number of nitrogens with one attached hydrogen (secondary N) is 2. The Kier molecular flexibility index (Phi) is 7.32. The van der Waals surface area contributed by atoms with Gasteiger partial charge in [-0.15, -0.1) is 0 Å². The predicted octanol–water partition coefficient (Wildman–Crippen LogP) is 3.39. The van der Waals surface area contributed by atoms with E-state index in [-0.39, 0.29) is 24.2 Å². The monoisotopic (exact) mass is 455 g/mol. The Morgan fingerprint density at radius 2 is 1.69 bits per heavy atom. The average Bonchev–Trinajstić information content (AvgIpc) is 3.29. The highest BCUT2D eigenvalue weighted by atomic mass is 32.2. The summed E-state index contributed by atoms with van der Waals surface area (Å²) in [4.78, 5) is 25.8. The van der Waals surface area contributed by atoms with E-state index in [1.54, 1.807) is 73.7 Å². The van der Waals surface area contributed by atoms with Gasteiger partial charge in [0.05, 0.1) is 36.0 Å². The summed E-state index contributed by atoms with van der Waals surface area (Å²) in [5, 5.41) is 5.47. The zero-order chi connectivity index (χ0) is 23.1. The lowest BCUT2D eigenvalue weighted by atomic mass is 10.1. The van der Waals surface area contributed by atoms with E-state index < -0.39 is 27.9 Å². The Labute approximate surface area is 187 Å². The molecule has 0 bridgehead atoms. The van der Waals surface area contributed by atoms with Crippen molar-refractivity contribution in [2.45, 2.75) is 25.9 Å². The number of benzene rings is 2. The molecular weight excluding hydrogens is 430 g/mol. The number of para-hydroxylation sites is 2. The highest BCUT2D eigenvalue weighted by Gasteiger charge is 2.32. The third kappa shape index (κ3) is 5.55. The SMILES string of the molecule is CC[C@@H](C(=O)Nc1ccccc1C(=O)NCc1ccco1)N(c1ccccc1)S(C)(=O)=O. The minimum absolute atomic E-state index is 0.196.